The zero-order chi connectivity index (χ0) is 26.0. The highest BCUT2D eigenvalue weighted by atomic mass is 19.4. The first-order valence-corrected chi connectivity index (χ1v) is 11.3. The monoisotopic (exact) mass is 496 g/mol. The van der Waals surface area contributed by atoms with Crippen LogP contribution in [0.3, 0.4) is 0 Å². The highest BCUT2D eigenvalue weighted by Gasteiger charge is 2.32. The smallest absolute Gasteiger partial charge is 0.416 e. The topological polar surface area (TPSA) is 107 Å². The number of carboxylic acids is 1. The molecule has 186 valence electrons. The van der Waals surface area contributed by atoms with Crippen molar-refractivity contribution in [2.24, 2.45) is 0 Å². The van der Waals surface area contributed by atoms with Crippen LogP contribution in [0, 0.1) is 11.3 Å². The summed E-state index contributed by atoms with van der Waals surface area (Å²) < 4.78 is 41.4. The van der Waals surface area contributed by atoms with Crippen molar-refractivity contribution in [3.8, 4) is 6.07 Å². The number of hydrogen-bond donors (Lipinski definition) is 3. The van der Waals surface area contributed by atoms with E-state index in [1.165, 1.54) is 18.2 Å². The standard InChI is InChI=1S/C26H23F3N4O3/c1-15(17-7-9-18(10-8-17)25(35)36)32-24(34)23-20(13-30)22-21(6-3-11-31-22)33(23)14-16-4-2-5-19(12-16)26(27,28)29/h2,4-5,7-10,12,15,31H,3,6,11,14H2,1H3,(H,32,34)(H,35,36). The lowest BCUT2D eigenvalue weighted by molar-refractivity contribution is -0.137. The Labute approximate surface area is 205 Å². The van der Waals surface area contributed by atoms with Crippen molar-refractivity contribution in [3.63, 3.8) is 0 Å². The largest absolute Gasteiger partial charge is 0.478 e. The molecule has 0 saturated carbocycles. The van der Waals surface area contributed by atoms with E-state index in [0.29, 0.717) is 35.5 Å². The molecule has 1 amide bonds. The van der Waals surface area contributed by atoms with Gasteiger partial charge in [-0.1, -0.05) is 24.3 Å². The number of rotatable bonds is 6. The number of carbonyl (C=O) groups is 2. The molecule has 1 atom stereocenters. The first kappa shape index (κ1) is 24.9. The molecule has 36 heavy (non-hydrogen) atoms. The van der Waals surface area contributed by atoms with Crippen molar-refractivity contribution in [3.05, 3.63) is 87.7 Å². The Balaban J connectivity index is 1.70. The third-order valence-electron chi connectivity index (χ3n) is 6.19. The third kappa shape index (κ3) is 4.91. The van der Waals surface area contributed by atoms with Crippen LogP contribution in [0.4, 0.5) is 18.9 Å². The molecule has 7 nitrogen and oxygen atoms in total. The van der Waals surface area contributed by atoms with Gasteiger partial charge in [0.1, 0.15) is 17.3 Å². The van der Waals surface area contributed by atoms with Gasteiger partial charge in [0.15, 0.2) is 0 Å². The van der Waals surface area contributed by atoms with Gasteiger partial charge in [-0.15, -0.1) is 0 Å². The van der Waals surface area contributed by atoms with E-state index in [9.17, 15) is 28.0 Å². The van der Waals surface area contributed by atoms with Crippen LogP contribution in [0.15, 0.2) is 48.5 Å². The molecule has 1 aromatic heterocycles. The average molecular weight is 496 g/mol. The summed E-state index contributed by atoms with van der Waals surface area (Å²) in [7, 11) is 0. The van der Waals surface area contributed by atoms with Gasteiger partial charge in [0.2, 0.25) is 0 Å². The summed E-state index contributed by atoms with van der Waals surface area (Å²) in [4.78, 5) is 24.6. The maximum Gasteiger partial charge on any atom is 0.416 e. The van der Waals surface area contributed by atoms with Crippen LogP contribution in [0.25, 0.3) is 0 Å². The van der Waals surface area contributed by atoms with E-state index in [4.69, 9.17) is 5.11 Å². The first-order valence-electron chi connectivity index (χ1n) is 11.3. The fourth-order valence-electron chi connectivity index (χ4n) is 4.40. The number of nitriles is 1. The minimum atomic E-state index is -4.50. The average Bonchev–Trinajstić information content (AvgIpc) is 3.17. The molecule has 10 heteroatoms. The lowest BCUT2D eigenvalue weighted by Gasteiger charge is -2.19. The normalized spacial score (nSPS) is 13.8. The molecular weight excluding hydrogens is 473 g/mol. The summed E-state index contributed by atoms with van der Waals surface area (Å²) in [5, 5.41) is 25.0. The Morgan fingerprint density at radius 1 is 1.22 bits per heavy atom. The van der Waals surface area contributed by atoms with Crippen molar-refractivity contribution < 1.29 is 27.9 Å². The number of nitrogens with zero attached hydrogens (tertiary/aromatic N) is 2. The van der Waals surface area contributed by atoms with E-state index in [-0.39, 0.29) is 23.4 Å². The predicted octanol–water partition coefficient (Wildman–Crippen LogP) is 4.97. The minimum Gasteiger partial charge on any atom is -0.478 e. The Morgan fingerprint density at radius 2 is 1.94 bits per heavy atom. The van der Waals surface area contributed by atoms with Crippen molar-refractivity contribution in [1.29, 1.82) is 5.26 Å². The number of halogens is 3. The molecule has 0 spiro atoms. The molecule has 1 unspecified atom stereocenters. The number of fused-ring (bicyclic) bond motifs is 1. The summed E-state index contributed by atoms with van der Waals surface area (Å²) in [6, 6.07) is 12.5. The number of anilines is 1. The molecule has 1 aliphatic heterocycles. The van der Waals surface area contributed by atoms with Gasteiger partial charge in [-0.3, -0.25) is 4.79 Å². The zero-order valence-electron chi connectivity index (χ0n) is 19.3. The minimum absolute atomic E-state index is 0.0138. The number of benzene rings is 2. The molecular formula is C26H23F3N4O3. The van der Waals surface area contributed by atoms with E-state index in [0.717, 1.165) is 18.6 Å². The number of hydrogen-bond acceptors (Lipinski definition) is 4. The molecule has 3 N–H and O–H groups in total. The summed E-state index contributed by atoms with van der Waals surface area (Å²) in [5.41, 5.74) is 1.76. The Bertz CT molecular complexity index is 1350. The third-order valence-corrected chi connectivity index (χ3v) is 6.19. The molecule has 0 fully saturated rings. The van der Waals surface area contributed by atoms with Crippen molar-refractivity contribution in [2.45, 2.75) is 38.5 Å². The van der Waals surface area contributed by atoms with Crippen LogP contribution in [-0.2, 0) is 19.1 Å². The molecule has 0 aliphatic carbocycles. The second-order valence-electron chi connectivity index (χ2n) is 8.59. The zero-order valence-corrected chi connectivity index (χ0v) is 19.3. The van der Waals surface area contributed by atoms with E-state index in [1.54, 1.807) is 29.7 Å². The highest BCUT2D eigenvalue weighted by Crippen LogP contribution is 2.34. The molecule has 0 bridgehead atoms. The quantitative estimate of drug-likeness (QED) is 0.447. The number of carbonyl (C=O) groups excluding carboxylic acids is 1. The van der Waals surface area contributed by atoms with Crippen LogP contribution in [0.1, 0.15) is 68.2 Å². The summed E-state index contributed by atoms with van der Waals surface area (Å²) >= 11 is 0. The Morgan fingerprint density at radius 3 is 2.58 bits per heavy atom. The lowest BCUT2D eigenvalue weighted by Crippen LogP contribution is -2.30. The molecule has 2 aromatic carbocycles. The number of nitrogens with one attached hydrogen (secondary N) is 2. The second kappa shape index (κ2) is 9.77. The number of aromatic carboxylic acids is 1. The lowest BCUT2D eigenvalue weighted by atomic mass is 10.1. The second-order valence-corrected chi connectivity index (χ2v) is 8.59. The number of aromatic nitrogens is 1. The van der Waals surface area contributed by atoms with Gasteiger partial charge in [0.25, 0.3) is 5.91 Å². The Kier molecular flexibility index (Phi) is 6.75. The van der Waals surface area contributed by atoms with Crippen LogP contribution in [0.5, 0.6) is 0 Å². The van der Waals surface area contributed by atoms with Gasteiger partial charge in [-0.2, -0.15) is 18.4 Å². The summed E-state index contributed by atoms with van der Waals surface area (Å²) in [5.74, 6) is -1.62. The fraction of sp³-hybridized carbons (Fsp3) is 0.269. The van der Waals surface area contributed by atoms with E-state index in [2.05, 4.69) is 16.7 Å². The van der Waals surface area contributed by atoms with Crippen molar-refractivity contribution in [2.75, 3.05) is 11.9 Å². The maximum atomic E-state index is 13.5. The van der Waals surface area contributed by atoms with Crippen molar-refractivity contribution >= 4 is 17.6 Å². The fourth-order valence-corrected chi connectivity index (χ4v) is 4.40. The molecule has 4 rings (SSSR count). The van der Waals surface area contributed by atoms with E-state index >= 15 is 0 Å². The molecule has 2 heterocycles. The van der Waals surface area contributed by atoms with Gasteiger partial charge >= 0.3 is 12.1 Å². The highest BCUT2D eigenvalue weighted by molar-refractivity contribution is 5.98. The van der Waals surface area contributed by atoms with E-state index < -0.39 is 29.7 Å². The van der Waals surface area contributed by atoms with Crippen LogP contribution >= 0.6 is 0 Å². The first-order chi connectivity index (χ1) is 17.1. The van der Waals surface area contributed by atoms with Gasteiger partial charge in [-0.25, -0.2) is 4.79 Å². The van der Waals surface area contributed by atoms with Gasteiger partial charge in [0, 0.05) is 18.8 Å². The number of amides is 1. The molecule has 0 saturated heterocycles. The van der Waals surface area contributed by atoms with E-state index in [1.807, 2.05) is 0 Å². The van der Waals surface area contributed by atoms with Crippen LogP contribution < -0.4 is 10.6 Å². The van der Waals surface area contributed by atoms with Crippen LogP contribution in [-0.4, -0.2) is 28.1 Å². The van der Waals surface area contributed by atoms with Crippen LogP contribution in [0.2, 0.25) is 0 Å². The van der Waals surface area contributed by atoms with Gasteiger partial charge in [0.05, 0.1) is 22.9 Å². The van der Waals surface area contributed by atoms with Crippen molar-refractivity contribution in [1.82, 2.24) is 9.88 Å². The molecule has 0 radical (unpaired) electrons. The molecule has 1 aliphatic rings. The SMILES string of the molecule is CC(NC(=O)c1c(C#N)c2c(n1Cc1cccc(C(F)(F)F)c1)CCCN2)c1ccc(C(=O)O)cc1. The molecule has 3 aromatic rings. The van der Waals surface area contributed by atoms with Gasteiger partial charge < -0.3 is 20.3 Å². The summed E-state index contributed by atoms with van der Waals surface area (Å²) in [6.45, 7) is 2.32. The number of carboxylic acid groups (broad SMARTS) is 1. The number of alkyl halides is 3. The van der Waals surface area contributed by atoms with Gasteiger partial charge in [-0.05, 0) is 55.2 Å². The summed E-state index contributed by atoms with van der Waals surface area (Å²) in [6.07, 6.45) is -3.19. The maximum absolute atomic E-state index is 13.5. The Hall–Kier alpha value is -4.26. The predicted molar refractivity (Wildman–Crippen MR) is 126 cm³/mol.